The highest BCUT2D eigenvalue weighted by atomic mass is 16.5. The third-order valence-electron chi connectivity index (χ3n) is 3.96. The Morgan fingerprint density at radius 1 is 1.35 bits per heavy atom. The summed E-state index contributed by atoms with van der Waals surface area (Å²) < 4.78 is 10.4. The summed E-state index contributed by atoms with van der Waals surface area (Å²) in [6.07, 6.45) is 0.572. The molecule has 0 saturated carbocycles. The zero-order chi connectivity index (χ0) is 16.8. The van der Waals surface area contributed by atoms with Gasteiger partial charge in [0.05, 0.1) is 24.7 Å². The summed E-state index contributed by atoms with van der Waals surface area (Å²) in [5, 5.41) is 8.88. The average Bonchev–Trinajstić information content (AvgIpc) is 2.60. The Bertz CT molecular complexity index is 615. The van der Waals surface area contributed by atoms with E-state index in [1.807, 2.05) is 6.07 Å². The van der Waals surface area contributed by atoms with Crippen LogP contribution in [-0.2, 0) is 14.3 Å². The molecule has 1 aliphatic rings. The zero-order valence-corrected chi connectivity index (χ0v) is 13.3. The van der Waals surface area contributed by atoms with Crippen molar-refractivity contribution >= 4 is 11.9 Å². The van der Waals surface area contributed by atoms with Crippen LogP contribution in [0.15, 0.2) is 24.3 Å². The molecule has 2 rings (SSSR count). The molecule has 6 nitrogen and oxygen atoms in total. The lowest BCUT2D eigenvalue weighted by atomic mass is 9.97. The molecule has 1 aliphatic heterocycles. The number of carbonyl (C=O) groups excluding carboxylic acids is 2. The number of piperidine rings is 1. The van der Waals surface area contributed by atoms with E-state index in [0.29, 0.717) is 37.2 Å². The van der Waals surface area contributed by atoms with Crippen LogP contribution in [-0.4, -0.2) is 43.1 Å². The Morgan fingerprint density at radius 2 is 2.04 bits per heavy atom. The molecule has 23 heavy (non-hydrogen) atoms. The topological polar surface area (TPSA) is 79.6 Å². The van der Waals surface area contributed by atoms with E-state index in [0.717, 1.165) is 0 Å². The maximum Gasteiger partial charge on any atom is 0.308 e. The SMILES string of the molecule is COC(=O)C1CCN(C(=O)C(C)Oc2cccc(C#N)c2)CC1. The molecule has 1 saturated heterocycles. The third kappa shape index (κ3) is 4.22. The predicted octanol–water partition coefficient (Wildman–Crippen LogP) is 1.74. The highest BCUT2D eigenvalue weighted by molar-refractivity contribution is 5.81. The van der Waals surface area contributed by atoms with Crippen LogP contribution in [0.25, 0.3) is 0 Å². The minimum absolute atomic E-state index is 0.115. The number of rotatable bonds is 4. The summed E-state index contributed by atoms with van der Waals surface area (Å²) in [4.78, 5) is 25.6. The van der Waals surface area contributed by atoms with Crippen LogP contribution in [0.4, 0.5) is 0 Å². The summed E-state index contributed by atoms with van der Waals surface area (Å²) in [5.41, 5.74) is 0.487. The molecule has 0 N–H and O–H groups in total. The van der Waals surface area contributed by atoms with Crippen molar-refractivity contribution < 1.29 is 19.1 Å². The molecule has 1 heterocycles. The van der Waals surface area contributed by atoms with Gasteiger partial charge in [-0.2, -0.15) is 5.26 Å². The molecule has 0 spiro atoms. The molecule has 0 bridgehead atoms. The quantitative estimate of drug-likeness (QED) is 0.790. The molecule has 0 aromatic heterocycles. The molecule has 1 unspecified atom stereocenters. The first-order chi connectivity index (χ1) is 11.0. The highest BCUT2D eigenvalue weighted by Gasteiger charge is 2.30. The molecular formula is C17H20N2O4. The fourth-order valence-electron chi connectivity index (χ4n) is 2.65. The molecule has 6 heteroatoms. The summed E-state index contributed by atoms with van der Waals surface area (Å²) in [7, 11) is 1.38. The van der Waals surface area contributed by atoms with Gasteiger partial charge in [0.1, 0.15) is 5.75 Å². The van der Waals surface area contributed by atoms with Crippen LogP contribution in [0.3, 0.4) is 0 Å². The van der Waals surface area contributed by atoms with Crippen molar-refractivity contribution in [2.75, 3.05) is 20.2 Å². The maximum atomic E-state index is 12.4. The normalized spacial score (nSPS) is 16.3. The number of esters is 1. The van der Waals surface area contributed by atoms with E-state index in [2.05, 4.69) is 0 Å². The van der Waals surface area contributed by atoms with E-state index >= 15 is 0 Å². The average molecular weight is 316 g/mol. The van der Waals surface area contributed by atoms with Crippen molar-refractivity contribution in [2.24, 2.45) is 5.92 Å². The van der Waals surface area contributed by atoms with Crippen molar-refractivity contribution in [3.63, 3.8) is 0 Å². The van der Waals surface area contributed by atoms with Gasteiger partial charge < -0.3 is 14.4 Å². The minimum Gasteiger partial charge on any atom is -0.481 e. The van der Waals surface area contributed by atoms with Crippen molar-refractivity contribution in [3.05, 3.63) is 29.8 Å². The number of amides is 1. The molecule has 122 valence electrons. The largest absolute Gasteiger partial charge is 0.481 e. The van der Waals surface area contributed by atoms with Crippen molar-refractivity contribution in [3.8, 4) is 11.8 Å². The lowest BCUT2D eigenvalue weighted by molar-refractivity contribution is -0.150. The van der Waals surface area contributed by atoms with Gasteiger partial charge >= 0.3 is 5.97 Å². The molecule has 1 atom stereocenters. The summed E-state index contributed by atoms with van der Waals surface area (Å²) in [5.74, 6) is 0.0346. The smallest absolute Gasteiger partial charge is 0.308 e. The van der Waals surface area contributed by atoms with Crippen molar-refractivity contribution in [1.29, 1.82) is 5.26 Å². The molecule has 1 fully saturated rings. The number of ether oxygens (including phenoxy) is 2. The Hall–Kier alpha value is -2.55. The van der Waals surface area contributed by atoms with Crippen molar-refractivity contribution in [2.45, 2.75) is 25.9 Å². The second kappa shape index (κ2) is 7.63. The van der Waals surface area contributed by atoms with Crippen LogP contribution < -0.4 is 4.74 Å². The number of nitrogens with zero attached hydrogens (tertiary/aromatic N) is 2. The molecule has 0 aliphatic carbocycles. The van der Waals surface area contributed by atoms with Crippen molar-refractivity contribution in [1.82, 2.24) is 4.90 Å². The minimum atomic E-state index is -0.640. The van der Waals surface area contributed by atoms with E-state index in [9.17, 15) is 9.59 Å². The standard InChI is InChI=1S/C17H20N2O4/c1-12(23-15-5-3-4-13(10-15)11-18)16(20)19-8-6-14(7-9-19)17(21)22-2/h3-5,10,12,14H,6-9H2,1-2H3. The third-order valence-corrected chi connectivity index (χ3v) is 3.96. The van der Waals surface area contributed by atoms with Gasteiger partial charge in [-0.15, -0.1) is 0 Å². The Morgan fingerprint density at radius 3 is 2.65 bits per heavy atom. The number of likely N-dealkylation sites (tertiary alicyclic amines) is 1. The fourth-order valence-corrected chi connectivity index (χ4v) is 2.65. The number of hydrogen-bond donors (Lipinski definition) is 0. The van der Waals surface area contributed by atoms with Crippen LogP contribution >= 0.6 is 0 Å². The lowest BCUT2D eigenvalue weighted by Crippen LogP contribution is -2.45. The fraction of sp³-hybridized carbons (Fsp3) is 0.471. The van der Waals surface area contributed by atoms with Gasteiger partial charge in [-0.1, -0.05) is 6.07 Å². The second-order valence-corrected chi connectivity index (χ2v) is 5.52. The van der Waals surface area contributed by atoms with Crippen LogP contribution in [0.1, 0.15) is 25.3 Å². The summed E-state index contributed by atoms with van der Waals surface area (Å²) in [6, 6.07) is 8.75. The van der Waals surface area contributed by atoms with Crippen LogP contribution in [0, 0.1) is 17.2 Å². The van der Waals surface area contributed by atoms with Gasteiger partial charge in [-0.25, -0.2) is 0 Å². The molecule has 1 amide bonds. The highest BCUT2D eigenvalue weighted by Crippen LogP contribution is 2.20. The number of methoxy groups -OCH3 is 1. The first-order valence-corrected chi connectivity index (χ1v) is 7.58. The molecule has 1 aromatic rings. The number of nitriles is 1. The predicted molar refractivity (Wildman–Crippen MR) is 82.6 cm³/mol. The van der Waals surface area contributed by atoms with Gasteiger partial charge in [-0.3, -0.25) is 9.59 Å². The van der Waals surface area contributed by atoms with Gasteiger partial charge in [0.2, 0.25) is 0 Å². The Balaban J connectivity index is 1.90. The zero-order valence-electron chi connectivity index (χ0n) is 13.3. The Labute approximate surface area is 135 Å². The monoisotopic (exact) mass is 316 g/mol. The van der Waals surface area contributed by atoms with Crippen LogP contribution in [0.5, 0.6) is 5.75 Å². The summed E-state index contributed by atoms with van der Waals surface area (Å²) in [6.45, 7) is 2.73. The first kappa shape index (κ1) is 16.8. The Kier molecular flexibility index (Phi) is 5.58. The second-order valence-electron chi connectivity index (χ2n) is 5.52. The summed E-state index contributed by atoms with van der Waals surface area (Å²) >= 11 is 0. The number of benzene rings is 1. The molecule has 1 aromatic carbocycles. The van der Waals surface area contributed by atoms with Gasteiger partial charge in [-0.05, 0) is 38.0 Å². The first-order valence-electron chi connectivity index (χ1n) is 7.58. The van der Waals surface area contributed by atoms with E-state index < -0.39 is 6.10 Å². The van der Waals surface area contributed by atoms with Crippen LogP contribution in [0.2, 0.25) is 0 Å². The van der Waals surface area contributed by atoms with Gasteiger partial charge in [0.25, 0.3) is 5.91 Å². The van der Waals surface area contributed by atoms with E-state index in [1.54, 1.807) is 36.1 Å². The number of carbonyl (C=O) groups is 2. The maximum absolute atomic E-state index is 12.4. The lowest BCUT2D eigenvalue weighted by Gasteiger charge is -2.32. The van der Waals surface area contributed by atoms with E-state index in [1.165, 1.54) is 7.11 Å². The number of hydrogen-bond acceptors (Lipinski definition) is 5. The molecule has 0 radical (unpaired) electrons. The van der Waals surface area contributed by atoms with Gasteiger partial charge in [0, 0.05) is 13.1 Å². The van der Waals surface area contributed by atoms with Gasteiger partial charge in [0.15, 0.2) is 6.10 Å². The van der Waals surface area contributed by atoms with E-state index in [4.69, 9.17) is 14.7 Å². The molecular weight excluding hydrogens is 296 g/mol. The van der Waals surface area contributed by atoms with E-state index in [-0.39, 0.29) is 17.8 Å².